The minimum absolute atomic E-state index is 0.144. The molecule has 4 heteroatoms. The second kappa shape index (κ2) is 2.92. The van der Waals surface area contributed by atoms with Gasteiger partial charge in [-0.15, -0.1) is 0 Å². The summed E-state index contributed by atoms with van der Waals surface area (Å²) in [6.45, 7) is 1.68. The topological polar surface area (TPSA) is 38.3 Å². The Labute approximate surface area is 80.6 Å². The minimum Gasteiger partial charge on any atom is -0.477 e. The molecule has 0 aromatic heterocycles. The first-order chi connectivity index (χ1) is 6.18. The zero-order valence-electron chi connectivity index (χ0n) is 7.00. The normalized spacial score (nSPS) is 20.2. The summed E-state index contributed by atoms with van der Waals surface area (Å²) >= 11 is 5.88. The van der Waals surface area contributed by atoms with Crippen molar-refractivity contribution in [3.8, 4) is 5.75 Å². The van der Waals surface area contributed by atoms with Crippen molar-refractivity contribution in [2.24, 2.45) is 0 Å². The average Bonchev–Trinajstić information content (AvgIpc) is 2.09. The Kier molecular flexibility index (Phi) is 1.88. The van der Waals surface area contributed by atoms with Crippen molar-refractivity contribution in [1.29, 1.82) is 0 Å². The number of hydrogen-bond donors (Lipinski definition) is 1. The number of anilines is 1. The summed E-state index contributed by atoms with van der Waals surface area (Å²) in [5, 5.41) is 3.22. The predicted molar refractivity (Wildman–Crippen MR) is 50.2 cm³/mol. The molecule has 68 valence electrons. The van der Waals surface area contributed by atoms with Gasteiger partial charge in [0, 0.05) is 0 Å². The lowest BCUT2D eigenvalue weighted by atomic mass is 10.2. The molecule has 2 rings (SSSR count). The predicted octanol–water partition coefficient (Wildman–Crippen LogP) is 2.06. The number of fused-ring (bicyclic) bond motifs is 1. The number of para-hydroxylation sites is 1. The molecule has 0 bridgehead atoms. The number of carbonyl (C=O) groups is 1. The maximum atomic E-state index is 11.2. The average molecular weight is 198 g/mol. The van der Waals surface area contributed by atoms with E-state index in [1.165, 1.54) is 0 Å². The van der Waals surface area contributed by atoms with Gasteiger partial charge in [-0.1, -0.05) is 17.7 Å². The Morgan fingerprint density at radius 3 is 3.08 bits per heavy atom. The van der Waals surface area contributed by atoms with Crippen molar-refractivity contribution < 1.29 is 9.53 Å². The van der Waals surface area contributed by atoms with Crippen LogP contribution in [0.1, 0.15) is 6.92 Å². The van der Waals surface area contributed by atoms with Gasteiger partial charge in [0.25, 0.3) is 5.91 Å². The number of rotatable bonds is 0. The highest BCUT2D eigenvalue weighted by molar-refractivity contribution is 6.32. The van der Waals surface area contributed by atoms with Crippen LogP contribution >= 0.6 is 11.6 Å². The molecule has 13 heavy (non-hydrogen) atoms. The summed E-state index contributed by atoms with van der Waals surface area (Å²) in [5.74, 6) is 0.408. The Morgan fingerprint density at radius 2 is 2.31 bits per heavy atom. The molecule has 0 saturated carbocycles. The molecular formula is C9H8ClNO2. The lowest BCUT2D eigenvalue weighted by Crippen LogP contribution is -2.34. The third-order valence-electron chi connectivity index (χ3n) is 1.89. The first-order valence-corrected chi connectivity index (χ1v) is 4.32. The van der Waals surface area contributed by atoms with Crippen molar-refractivity contribution in [3.63, 3.8) is 0 Å². The van der Waals surface area contributed by atoms with Crippen LogP contribution < -0.4 is 10.1 Å². The third kappa shape index (κ3) is 1.35. The Balaban J connectivity index is 2.48. The zero-order chi connectivity index (χ0) is 9.42. The van der Waals surface area contributed by atoms with E-state index in [4.69, 9.17) is 16.3 Å². The lowest BCUT2D eigenvalue weighted by Gasteiger charge is -2.23. The molecule has 1 heterocycles. The van der Waals surface area contributed by atoms with Crippen LogP contribution in [-0.2, 0) is 4.79 Å². The SMILES string of the molecule is C[C@@H]1Oc2c(Cl)cccc2NC1=O. The molecule has 0 spiro atoms. The summed E-state index contributed by atoms with van der Waals surface area (Å²) in [5.41, 5.74) is 0.635. The largest absolute Gasteiger partial charge is 0.477 e. The van der Waals surface area contributed by atoms with E-state index >= 15 is 0 Å². The molecule has 1 amide bonds. The number of nitrogens with one attached hydrogen (secondary N) is 1. The van der Waals surface area contributed by atoms with E-state index in [1.807, 2.05) is 0 Å². The van der Waals surface area contributed by atoms with E-state index in [9.17, 15) is 4.79 Å². The van der Waals surface area contributed by atoms with Crippen LogP contribution in [0.25, 0.3) is 0 Å². The van der Waals surface area contributed by atoms with Gasteiger partial charge >= 0.3 is 0 Å². The maximum Gasteiger partial charge on any atom is 0.265 e. The molecule has 3 nitrogen and oxygen atoms in total. The number of hydrogen-bond acceptors (Lipinski definition) is 2. The van der Waals surface area contributed by atoms with Crippen LogP contribution in [0.2, 0.25) is 5.02 Å². The standard InChI is InChI=1S/C9H8ClNO2/c1-5-9(12)11-7-4-2-3-6(10)8(7)13-5/h2-5H,1H3,(H,11,12)/t5-/m0/s1. The number of ether oxygens (including phenoxy) is 1. The second-order valence-electron chi connectivity index (χ2n) is 2.87. The van der Waals surface area contributed by atoms with E-state index in [0.717, 1.165) is 0 Å². The van der Waals surface area contributed by atoms with Gasteiger partial charge in [-0.3, -0.25) is 4.79 Å². The number of benzene rings is 1. The number of amides is 1. The van der Waals surface area contributed by atoms with Gasteiger partial charge < -0.3 is 10.1 Å². The Morgan fingerprint density at radius 1 is 1.54 bits per heavy atom. The summed E-state index contributed by atoms with van der Waals surface area (Å²) in [6, 6.07) is 5.25. The summed E-state index contributed by atoms with van der Waals surface area (Å²) in [7, 11) is 0. The van der Waals surface area contributed by atoms with Crippen molar-refractivity contribution in [3.05, 3.63) is 23.2 Å². The van der Waals surface area contributed by atoms with E-state index in [2.05, 4.69) is 5.32 Å². The molecule has 0 radical (unpaired) electrons. The molecule has 1 aliphatic rings. The lowest BCUT2D eigenvalue weighted by molar-refractivity contribution is -0.122. The minimum atomic E-state index is -0.479. The Bertz CT molecular complexity index is 365. The van der Waals surface area contributed by atoms with E-state index in [0.29, 0.717) is 16.5 Å². The third-order valence-corrected chi connectivity index (χ3v) is 2.19. The number of carbonyl (C=O) groups excluding carboxylic acids is 1. The quantitative estimate of drug-likeness (QED) is 0.692. The van der Waals surface area contributed by atoms with E-state index in [1.54, 1.807) is 25.1 Å². The Hall–Kier alpha value is -1.22. The molecule has 0 saturated heterocycles. The fourth-order valence-electron chi connectivity index (χ4n) is 1.19. The molecular weight excluding hydrogens is 190 g/mol. The van der Waals surface area contributed by atoms with Gasteiger partial charge in [0.15, 0.2) is 11.9 Å². The van der Waals surface area contributed by atoms with Crippen LogP contribution in [0.4, 0.5) is 5.69 Å². The van der Waals surface area contributed by atoms with Crippen LogP contribution in [0, 0.1) is 0 Å². The van der Waals surface area contributed by atoms with Crippen LogP contribution in [0.5, 0.6) is 5.75 Å². The monoisotopic (exact) mass is 197 g/mol. The fourth-order valence-corrected chi connectivity index (χ4v) is 1.41. The highest BCUT2D eigenvalue weighted by atomic mass is 35.5. The first-order valence-electron chi connectivity index (χ1n) is 3.94. The van der Waals surface area contributed by atoms with E-state index in [-0.39, 0.29) is 5.91 Å². The molecule has 0 unspecified atom stereocenters. The van der Waals surface area contributed by atoms with Crippen LogP contribution in [0.15, 0.2) is 18.2 Å². The van der Waals surface area contributed by atoms with Crippen molar-refractivity contribution in [1.82, 2.24) is 0 Å². The molecule has 0 aliphatic carbocycles. The van der Waals surface area contributed by atoms with Gasteiger partial charge in [0.2, 0.25) is 0 Å². The van der Waals surface area contributed by atoms with Crippen molar-refractivity contribution in [2.45, 2.75) is 13.0 Å². The fraction of sp³-hybridized carbons (Fsp3) is 0.222. The summed E-state index contributed by atoms with van der Waals surface area (Å²) in [4.78, 5) is 11.2. The number of halogens is 1. The molecule has 1 aromatic rings. The van der Waals surface area contributed by atoms with Crippen molar-refractivity contribution in [2.75, 3.05) is 5.32 Å². The molecule has 1 atom stereocenters. The zero-order valence-corrected chi connectivity index (χ0v) is 7.76. The maximum absolute atomic E-state index is 11.2. The first kappa shape index (κ1) is 8.38. The highest BCUT2D eigenvalue weighted by Crippen LogP contribution is 2.36. The molecule has 1 aliphatic heterocycles. The van der Waals surface area contributed by atoms with Crippen LogP contribution in [0.3, 0.4) is 0 Å². The van der Waals surface area contributed by atoms with Crippen molar-refractivity contribution >= 4 is 23.2 Å². The van der Waals surface area contributed by atoms with Gasteiger partial charge in [-0.2, -0.15) is 0 Å². The van der Waals surface area contributed by atoms with Gasteiger partial charge in [0.1, 0.15) is 0 Å². The molecule has 1 N–H and O–H groups in total. The van der Waals surface area contributed by atoms with E-state index < -0.39 is 6.10 Å². The van der Waals surface area contributed by atoms with Gasteiger partial charge in [0.05, 0.1) is 10.7 Å². The van der Waals surface area contributed by atoms with Gasteiger partial charge in [-0.25, -0.2) is 0 Å². The second-order valence-corrected chi connectivity index (χ2v) is 3.27. The summed E-state index contributed by atoms with van der Waals surface area (Å²) < 4.78 is 5.33. The van der Waals surface area contributed by atoms with Crippen LogP contribution in [-0.4, -0.2) is 12.0 Å². The smallest absolute Gasteiger partial charge is 0.265 e. The molecule has 1 aromatic carbocycles. The molecule has 0 fully saturated rings. The summed E-state index contributed by atoms with van der Waals surface area (Å²) in [6.07, 6.45) is -0.479. The highest BCUT2D eigenvalue weighted by Gasteiger charge is 2.24. The van der Waals surface area contributed by atoms with Gasteiger partial charge in [-0.05, 0) is 19.1 Å².